The normalized spacial score (nSPS) is 13.3. The summed E-state index contributed by atoms with van der Waals surface area (Å²) in [5, 5.41) is 0. The van der Waals surface area contributed by atoms with E-state index in [1.165, 1.54) is 0 Å². The molecule has 0 aromatic heterocycles. The number of hydrogen-bond acceptors (Lipinski definition) is 2. The highest BCUT2D eigenvalue weighted by Crippen LogP contribution is 2.23. The first-order valence-electron chi connectivity index (χ1n) is 5.61. The fourth-order valence-electron chi connectivity index (χ4n) is 1.17. The van der Waals surface area contributed by atoms with Crippen LogP contribution in [0.25, 0.3) is 0 Å². The molecule has 0 bridgehead atoms. The van der Waals surface area contributed by atoms with Crippen LogP contribution in [-0.4, -0.2) is 19.8 Å². The average Bonchev–Trinajstić information content (AvgIpc) is 2.03. The van der Waals surface area contributed by atoms with Gasteiger partial charge in [0.1, 0.15) is 0 Å². The van der Waals surface area contributed by atoms with Gasteiger partial charge in [0.15, 0.2) is 0 Å². The van der Waals surface area contributed by atoms with Gasteiger partial charge in [0.25, 0.3) is 0 Å². The van der Waals surface area contributed by atoms with Crippen molar-refractivity contribution in [2.45, 2.75) is 47.5 Å². The SMILES string of the molecule is CCC(C)(C)COCC(C)(C)CCN. The lowest BCUT2D eigenvalue weighted by Crippen LogP contribution is -2.26. The molecule has 0 radical (unpaired) electrons. The zero-order valence-corrected chi connectivity index (χ0v) is 10.5. The van der Waals surface area contributed by atoms with Crippen molar-refractivity contribution < 1.29 is 4.74 Å². The molecule has 0 saturated carbocycles. The highest BCUT2D eigenvalue weighted by atomic mass is 16.5. The van der Waals surface area contributed by atoms with Gasteiger partial charge in [-0.2, -0.15) is 0 Å². The minimum atomic E-state index is 0.221. The summed E-state index contributed by atoms with van der Waals surface area (Å²) < 4.78 is 5.75. The van der Waals surface area contributed by atoms with Gasteiger partial charge in [0.2, 0.25) is 0 Å². The quantitative estimate of drug-likeness (QED) is 0.687. The first kappa shape index (κ1) is 13.9. The molecule has 0 saturated heterocycles. The predicted octanol–water partition coefficient (Wildman–Crippen LogP) is 2.81. The Morgan fingerprint density at radius 3 is 1.93 bits per heavy atom. The van der Waals surface area contributed by atoms with Crippen molar-refractivity contribution in [2.75, 3.05) is 19.8 Å². The van der Waals surface area contributed by atoms with Crippen LogP contribution in [0.4, 0.5) is 0 Å². The molecule has 0 amide bonds. The van der Waals surface area contributed by atoms with Crippen LogP contribution >= 0.6 is 0 Å². The average molecular weight is 201 g/mol. The molecular weight excluding hydrogens is 174 g/mol. The topological polar surface area (TPSA) is 35.2 Å². The Morgan fingerprint density at radius 1 is 1.00 bits per heavy atom. The third-order valence-electron chi connectivity index (χ3n) is 2.76. The summed E-state index contributed by atoms with van der Waals surface area (Å²) in [6.45, 7) is 13.5. The third-order valence-corrected chi connectivity index (χ3v) is 2.76. The molecule has 0 aromatic rings. The monoisotopic (exact) mass is 201 g/mol. The lowest BCUT2D eigenvalue weighted by molar-refractivity contribution is 0.0120. The number of hydrogen-bond donors (Lipinski definition) is 1. The van der Waals surface area contributed by atoms with Gasteiger partial charge in [0, 0.05) is 0 Å². The van der Waals surface area contributed by atoms with Crippen LogP contribution in [0.1, 0.15) is 47.5 Å². The van der Waals surface area contributed by atoms with Crippen molar-refractivity contribution in [3.05, 3.63) is 0 Å². The van der Waals surface area contributed by atoms with Crippen LogP contribution in [0, 0.1) is 10.8 Å². The van der Waals surface area contributed by atoms with E-state index in [0.29, 0.717) is 5.41 Å². The lowest BCUT2D eigenvalue weighted by Gasteiger charge is -2.28. The largest absolute Gasteiger partial charge is 0.380 e. The Morgan fingerprint density at radius 2 is 1.50 bits per heavy atom. The van der Waals surface area contributed by atoms with Gasteiger partial charge < -0.3 is 10.5 Å². The lowest BCUT2D eigenvalue weighted by atomic mass is 9.89. The minimum Gasteiger partial charge on any atom is -0.380 e. The van der Waals surface area contributed by atoms with Crippen molar-refractivity contribution in [2.24, 2.45) is 16.6 Å². The van der Waals surface area contributed by atoms with Gasteiger partial charge in [-0.1, -0.05) is 34.6 Å². The first-order chi connectivity index (χ1) is 6.33. The van der Waals surface area contributed by atoms with Gasteiger partial charge in [0.05, 0.1) is 13.2 Å². The van der Waals surface area contributed by atoms with E-state index >= 15 is 0 Å². The fourth-order valence-corrected chi connectivity index (χ4v) is 1.17. The molecule has 0 unspecified atom stereocenters. The maximum absolute atomic E-state index is 5.75. The maximum atomic E-state index is 5.75. The molecule has 0 aliphatic heterocycles. The van der Waals surface area contributed by atoms with Crippen molar-refractivity contribution >= 4 is 0 Å². The van der Waals surface area contributed by atoms with Gasteiger partial charge in [-0.15, -0.1) is 0 Å². The molecule has 2 nitrogen and oxygen atoms in total. The summed E-state index contributed by atoms with van der Waals surface area (Å²) in [4.78, 5) is 0. The first-order valence-corrected chi connectivity index (χ1v) is 5.61. The molecule has 2 N–H and O–H groups in total. The van der Waals surface area contributed by atoms with Crippen molar-refractivity contribution in [1.82, 2.24) is 0 Å². The van der Waals surface area contributed by atoms with Crippen molar-refractivity contribution in [3.8, 4) is 0 Å². The van der Waals surface area contributed by atoms with Crippen LogP contribution in [0.15, 0.2) is 0 Å². The van der Waals surface area contributed by atoms with Crippen molar-refractivity contribution in [3.63, 3.8) is 0 Å². The Kier molecular flexibility index (Phi) is 5.68. The summed E-state index contributed by atoms with van der Waals surface area (Å²) in [5.74, 6) is 0. The van der Waals surface area contributed by atoms with Gasteiger partial charge in [-0.25, -0.2) is 0 Å². The van der Waals surface area contributed by atoms with E-state index in [1.54, 1.807) is 0 Å². The molecule has 0 aliphatic rings. The van der Waals surface area contributed by atoms with E-state index in [2.05, 4.69) is 34.6 Å². The second-order valence-corrected chi connectivity index (χ2v) is 5.71. The molecule has 2 heteroatoms. The molecule has 0 aromatic carbocycles. The molecule has 14 heavy (non-hydrogen) atoms. The Hall–Kier alpha value is -0.0800. The van der Waals surface area contributed by atoms with E-state index in [-0.39, 0.29) is 5.41 Å². The number of ether oxygens (including phenoxy) is 1. The van der Waals surface area contributed by atoms with Crippen LogP contribution in [0.5, 0.6) is 0 Å². The van der Waals surface area contributed by atoms with E-state index in [9.17, 15) is 0 Å². The fraction of sp³-hybridized carbons (Fsp3) is 1.00. The second kappa shape index (κ2) is 5.72. The molecule has 0 aliphatic carbocycles. The summed E-state index contributed by atoms with van der Waals surface area (Å²) in [5.41, 5.74) is 6.07. The van der Waals surface area contributed by atoms with E-state index < -0.39 is 0 Å². The van der Waals surface area contributed by atoms with Gasteiger partial charge in [-0.3, -0.25) is 0 Å². The Balaban J connectivity index is 3.73. The second-order valence-electron chi connectivity index (χ2n) is 5.71. The van der Waals surface area contributed by atoms with E-state index in [0.717, 1.165) is 32.6 Å². The van der Waals surface area contributed by atoms with Crippen LogP contribution in [0.3, 0.4) is 0 Å². The van der Waals surface area contributed by atoms with Gasteiger partial charge >= 0.3 is 0 Å². The Bertz CT molecular complexity index is 152. The molecule has 0 fully saturated rings. The molecule has 86 valence electrons. The summed E-state index contributed by atoms with van der Waals surface area (Å²) >= 11 is 0. The van der Waals surface area contributed by atoms with Crippen LogP contribution < -0.4 is 5.73 Å². The smallest absolute Gasteiger partial charge is 0.0517 e. The molecule has 0 heterocycles. The highest BCUT2D eigenvalue weighted by Gasteiger charge is 2.20. The number of rotatable bonds is 7. The molecule has 0 spiro atoms. The summed E-state index contributed by atoms with van der Waals surface area (Å²) in [6, 6.07) is 0. The zero-order chi connectivity index (χ0) is 11.2. The highest BCUT2D eigenvalue weighted by molar-refractivity contribution is 4.70. The summed E-state index contributed by atoms with van der Waals surface area (Å²) in [7, 11) is 0. The van der Waals surface area contributed by atoms with Gasteiger partial charge in [-0.05, 0) is 30.2 Å². The molecule has 0 atom stereocenters. The summed E-state index contributed by atoms with van der Waals surface area (Å²) in [6.07, 6.45) is 2.18. The van der Waals surface area contributed by atoms with Crippen LogP contribution in [0.2, 0.25) is 0 Å². The predicted molar refractivity (Wildman–Crippen MR) is 62.3 cm³/mol. The molecule has 0 rings (SSSR count). The zero-order valence-electron chi connectivity index (χ0n) is 10.5. The standard InChI is InChI=1S/C12H27NO/c1-6-11(2,3)9-14-10-12(4,5)7-8-13/h6-10,13H2,1-5H3. The van der Waals surface area contributed by atoms with E-state index in [4.69, 9.17) is 10.5 Å². The Labute approximate surface area is 89.2 Å². The number of nitrogens with two attached hydrogens (primary N) is 1. The minimum absolute atomic E-state index is 0.221. The molecular formula is C12H27NO. The van der Waals surface area contributed by atoms with Crippen LogP contribution in [-0.2, 0) is 4.74 Å². The maximum Gasteiger partial charge on any atom is 0.0517 e. The third kappa shape index (κ3) is 6.39. The van der Waals surface area contributed by atoms with E-state index in [1.807, 2.05) is 0 Å². The van der Waals surface area contributed by atoms with Crippen molar-refractivity contribution in [1.29, 1.82) is 0 Å².